The Kier molecular flexibility index (Phi) is 7.80. The Balaban J connectivity index is 1.13. The smallest absolute Gasteiger partial charge is 0.240 e. The highest BCUT2D eigenvalue weighted by Crippen LogP contribution is 2.40. The van der Waals surface area contributed by atoms with Crippen LogP contribution in [0.4, 0.5) is 0 Å². The molecule has 4 aromatic heterocycles. The van der Waals surface area contributed by atoms with Crippen molar-refractivity contribution in [1.29, 1.82) is 0 Å². The zero-order chi connectivity index (χ0) is 41.4. The number of benzene rings is 9. The van der Waals surface area contributed by atoms with Gasteiger partial charge in [-0.05, 0) is 75.8 Å². The summed E-state index contributed by atoms with van der Waals surface area (Å²) in [4.78, 5) is 16.5. The maximum absolute atomic E-state index is 6.25. The topological polar surface area (TPSA) is 61.7 Å². The third kappa shape index (κ3) is 5.62. The molecule has 0 radical (unpaired) electrons. The number of fused-ring (bicyclic) bond motifs is 9. The molecule has 0 amide bonds. The monoisotopic (exact) mass is 805 g/mol. The zero-order valence-corrected chi connectivity index (χ0v) is 33.9. The fraction of sp³-hybridized carbons (Fsp3) is 0. The van der Waals surface area contributed by atoms with E-state index < -0.39 is 0 Å². The summed E-state index contributed by atoms with van der Waals surface area (Å²) in [5, 5.41) is 6.65. The van der Waals surface area contributed by atoms with Crippen molar-refractivity contribution >= 4 is 65.6 Å². The maximum Gasteiger partial charge on any atom is 0.240 e. The molecule has 0 aliphatic carbocycles. The molecule has 6 nitrogen and oxygen atoms in total. The van der Waals surface area contributed by atoms with E-state index in [-0.39, 0.29) is 0 Å². The third-order valence-corrected chi connectivity index (χ3v) is 12.4. The predicted molar refractivity (Wildman–Crippen MR) is 258 cm³/mol. The van der Waals surface area contributed by atoms with Crippen LogP contribution in [0.1, 0.15) is 0 Å². The van der Waals surface area contributed by atoms with Gasteiger partial charge in [-0.15, -0.1) is 0 Å². The van der Waals surface area contributed by atoms with Gasteiger partial charge < -0.3 is 4.42 Å². The number of hydrogen-bond donors (Lipinski definition) is 0. The molecule has 0 bridgehead atoms. The number of rotatable bonds is 6. The summed E-state index contributed by atoms with van der Waals surface area (Å²) in [6, 6.07) is 74.5. The van der Waals surface area contributed by atoms with Crippen molar-refractivity contribution in [3.05, 3.63) is 212 Å². The Morgan fingerprint density at radius 1 is 0.286 bits per heavy atom. The lowest BCUT2D eigenvalue weighted by molar-refractivity contribution is 0.669. The molecular weight excluding hydrogens is 771 g/mol. The summed E-state index contributed by atoms with van der Waals surface area (Å²) in [6.07, 6.45) is 0. The quantitative estimate of drug-likeness (QED) is 0.168. The summed E-state index contributed by atoms with van der Waals surface area (Å²) in [6.45, 7) is 0. The molecule has 0 aliphatic rings. The summed E-state index contributed by atoms with van der Waals surface area (Å²) < 4.78 is 10.7. The second kappa shape index (κ2) is 14.0. The summed E-state index contributed by atoms with van der Waals surface area (Å²) in [7, 11) is 0. The Bertz CT molecular complexity index is 3770. The molecule has 6 heteroatoms. The van der Waals surface area contributed by atoms with E-state index in [1.54, 1.807) is 0 Å². The van der Waals surface area contributed by atoms with Crippen LogP contribution in [0.25, 0.3) is 122 Å². The average molecular weight is 806 g/mol. The van der Waals surface area contributed by atoms with Gasteiger partial charge in [-0.2, -0.15) is 15.0 Å². The van der Waals surface area contributed by atoms with Crippen LogP contribution in [-0.4, -0.2) is 24.1 Å². The Labute approximate surface area is 361 Å². The van der Waals surface area contributed by atoms with Crippen LogP contribution in [0, 0.1) is 0 Å². The van der Waals surface area contributed by atoms with Gasteiger partial charge in [0.25, 0.3) is 0 Å². The molecule has 0 fully saturated rings. The normalized spacial score (nSPS) is 11.8. The molecule has 13 rings (SSSR count). The van der Waals surface area contributed by atoms with E-state index >= 15 is 0 Å². The number of nitrogens with zero attached hydrogens (tertiary/aromatic N) is 5. The summed E-state index contributed by atoms with van der Waals surface area (Å²) >= 11 is 0. The van der Waals surface area contributed by atoms with Crippen molar-refractivity contribution in [3.63, 3.8) is 0 Å². The first-order chi connectivity index (χ1) is 31.2. The minimum absolute atomic E-state index is 0.526. The Morgan fingerprint density at radius 3 is 1.37 bits per heavy atom. The van der Waals surface area contributed by atoms with Gasteiger partial charge >= 0.3 is 0 Å². The molecule has 0 aliphatic heterocycles. The van der Waals surface area contributed by atoms with Crippen LogP contribution in [0.2, 0.25) is 0 Å². The number of furan rings is 1. The highest BCUT2D eigenvalue weighted by atomic mass is 16.3. The van der Waals surface area contributed by atoms with Crippen molar-refractivity contribution in [2.24, 2.45) is 0 Å². The van der Waals surface area contributed by atoms with E-state index in [2.05, 4.69) is 209 Å². The van der Waals surface area contributed by atoms with Crippen molar-refractivity contribution < 1.29 is 4.42 Å². The fourth-order valence-corrected chi connectivity index (χ4v) is 9.49. The van der Waals surface area contributed by atoms with Gasteiger partial charge in [0, 0.05) is 37.9 Å². The first-order valence-corrected chi connectivity index (χ1v) is 21.2. The molecular formula is C57H35N5O. The average Bonchev–Trinajstić information content (AvgIpc) is 4.01. The lowest BCUT2D eigenvalue weighted by Crippen LogP contribution is -2.10. The van der Waals surface area contributed by atoms with Crippen LogP contribution in [0.5, 0.6) is 0 Å². The minimum Gasteiger partial charge on any atom is -0.456 e. The first kappa shape index (κ1) is 35.2. The first-order valence-electron chi connectivity index (χ1n) is 21.2. The van der Waals surface area contributed by atoms with Gasteiger partial charge in [0.05, 0.1) is 22.1 Å². The lowest BCUT2D eigenvalue weighted by atomic mass is 9.97. The van der Waals surface area contributed by atoms with Crippen LogP contribution >= 0.6 is 0 Å². The van der Waals surface area contributed by atoms with Crippen LogP contribution in [0.3, 0.4) is 0 Å². The number of aromatic nitrogens is 5. The van der Waals surface area contributed by atoms with E-state index in [1.807, 2.05) is 12.1 Å². The highest BCUT2D eigenvalue weighted by molar-refractivity contribution is 6.12. The number of para-hydroxylation sites is 3. The molecule has 294 valence electrons. The van der Waals surface area contributed by atoms with E-state index in [0.717, 1.165) is 104 Å². The van der Waals surface area contributed by atoms with E-state index in [9.17, 15) is 0 Å². The molecule has 63 heavy (non-hydrogen) atoms. The van der Waals surface area contributed by atoms with E-state index in [1.165, 1.54) is 0 Å². The van der Waals surface area contributed by atoms with Crippen LogP contribution in [0.15, 0.2) is 217 Å². The minimum atomic E-state index is 0.526. The number of hydrogen-bond acceptors (Lipinski definition) is 4. The fourth-order valence-electron chi connectivity index (χ4n) is 9.49. The van der Waals surface area contributed by atoms with Crippen molar-refractivity contribution in [2.45, 2.75) is 0 Å². The van der Waals surface area contributed by atoms with Crippen LogP contribution in [-0.2, 0) is 0 Å². The van der Waals surface area contributed by atoms with Crippen molar-refractivity contribution in [2.75, 3.05) is 0 Å². The molecule has 0 spiro atoms. The molecule has 9 aromatic carbocycles. The van der Waals surface area contributed by atoms with Gasteiger partial charge in [0.15, 0.2) is 5.82 Å². The molecule has 0 atom stereocenters. The van der Waals surface area contributed by atoms with E-state index in [0.29, 0.717) is 17.7 Å². The SMILES string of the molecule is c1ccc(-c2ccc3c4ccc(-c5ccccc5)cc4n(-c4nc(-c5ccccc5-c5ccc6oc7ccccc7c6c5)nc(-n5c6ccccc6c6ccccc65)n4)c3c2)cc1. The molecule has 13 aromatic rings. The van der Waals surface area contributed by atoms with Gasteiger partial charge in [-0.25, -0.2) is 0 Å². The molecule has 0 saturated carbocycles. The van der Waals surface area contributed by atoms with Gasteiger partial charge in [-0.1, -0.05) is 170 Å². The molecule has 0 unspecified atom stereocenters. The molecule has 0 saturated heterocycles. The van der Waals surface area contributed by atoms with Gasteiger partial charge in [0.2, 0.25) is 11.9 Å². The highest BCUT2D eigenvalue weighted by Gasteiger charge is 2.23. The second-order valence-corrected chi connectivity index (χ2v) is 16.0. The molecule has 4 heterocycles. The predicted octanol–water partition coefficient (Wildman–Crippen LogP) is 14.6. The van der Waals surface area contributed by atoms with Gasteiger partial charge in [-0.3, -0.25) is 9.13 Å². The molecule has 0 N–H and O–H groups in total. The Hall–Kier alpha value is -8.61. The standard InChI is InChI=1S/C57H35N5O/c1-3-15-36(16-4-1)38-27-30-44-45-31-28-39(37-17-5-2-6-18-37)35-52(45)62(51(44)34-38)57-59-55(58-56(60-57)61-49-24-12-9-20-42(49)43-21-10-13-25-50(43)61)47-23-8-7-19-41(47)40-29-32-54-48(33-40)46-22-11-14-26-53(46)63-54/h1-35H. The summed E-state index contributed by atoms with van der Waals surface area (Å²) in [5.74, 6) is 1.63. The maximum atomic E-state index is 6.25. The zero-order valence-electron chi connectivity index (χ0n) is 33.9. The largest absolute Gasteiger partial charge is 0.456 e. The van der Waals surface area contributed by atoms with Crippen LogP contribution < -0.4 is 0 Å². The summed E-state index contributed by atoms with van der Waals surface area (Å²) in [5.41, 5.74) is 13.2. The Morgan fingerprint density at radius 2 is 0.746 bits per heavy atom. The van der Waals surface area contributed by atoms with Gasteiger partial charge in [0.1, 0.15) is 11.2 Å². The van der Waals surface area contributed by atoms with E-state index in [4.69, 9.17) is 19.4 Å². The third-order valence-electron chi connectivity index (χ3n) is 12.4. The lowest BCUT2D eigenvalue weighted by Gasteiger charge is -2.15. The van der Waals surface area contributed by atoms with Crippen molar-refractivity contribution in [3.8, 4) is 56.7 Å². The second-order valence-electron chi connectivity index (χ2n) is 16.0. The van der Waals surface area contributed by atoms with Crippen molar-refractivity contribution in [1.82, 2.24) is 24.1 Å².